The second-order valence-electron chi connectivity index (χ2n) is 6.44. The first-order chi connectivity index (χ1) is 11.6. The van der Waals surface area contributed by atoms with E-state index in [4.69, 9.17) is 4.74 Å². The van der Waals surface area contributed by atoms with Crippen LogP contribution in [0.1, 0.15) is 19.4 Å². The van der Waals surface area contributed by atoms with Crippen molar-refractivity contribution >= 4 is 6.09 Å². The molecule has 24 heavy (non-hydrogen) atoms. The minimum absolute atomic E-state index is 0.265. The van der Waals surface area contributed by atoms with Crippen LogP contribution in [0.5, 0.6) is 5.75 Å². The molecule has 2 aromatic rings. The van der Waals surface area contributed by atoms with Gasteiger partial charge in [0.1, 0.15) is 5.75 Å². The van der Waals surface area contributed by atoms with Crippen LogP contribution in [0.15, 0.2) is 60.7 Å². The van der Waals surface area contributed by atoms with E-state index in [1.54, 1.807) is 12.1 Å². The highest BCUT2D eigenvalue weighted by molar-refractivity contribution is 5.70. The molecular formula is C20H24N2O2. The Kier molecular flexibility index (Phi) is 5.16. The molecule has 4 heteroatoms. The maximum absolute atomic E-state index is 12.4. The van der Waals surface area contributed by atoms with Crippen molar-refractivity contribution in [2.75, 3.05) is 13.1 Å². The van der Waals surface area contributed by atoms with E-state index in [-0.39, 0.29) is 18.2 Å². The van der Waals surface area contributed by atoms with Gasteiger partial charge in [0.05, 0.1) is 0 Å². The summed E-state index contributed by atoms with van der Waals surface area (Å²) in [5.41, 5.74) is 1.30. The summed E-state index contributed by atoms with van der Waals surface area (Å²) >= 11 is 0. The summed E-state index contributed by atoms with van der Waals surface area (Å²) in [5, 5.41) is 0. The molecule has 2 atom stereocenters. The Morgan fingerprint density at radius 3 is 2.08 bits per heavy atom. The predicted octanol–water partition coefficient (Wildman–Crippen LogP) is 3.78. The van der Waals surface area contributed by atoms with Crippen LogP contribution < -0.4 is 4.74 Å². The number of nitrogens with zero attached hydrogens (tertiary/aromatic N) is 2. The first kappa shape index (κ1) is 16.5. The Morgan fingerprint density at radius 2 is 1.50 bits per heavy atom. The van der Waals surface area contributed by atoms with E-state index in [0.29, 0.717) is 18.8 Å². The van der Waals surface area contributed by atoms with Crippen molar-refractivity contribution in [3.63, 3.8) is 0 Å². The van der Waals surface area contributed by atoms with E-state index in [0.717, 1.165) is 6.54 Å². The number of amides is 1. The van der Waals surface area contributed by atoms with Gasteiger partial charge >= 0.3 is 6.09 Å². The largest absolute Gasteiger partial charge is 0.415 e. The molecule has 1 amide bonds. The standard InChI is InChI=1S/C20H24N2O2/c1-16-13-21(20(23)24-19-11-7-4-8-12-19)14-17(2)22(16)15-18-9-5-3-6-10-18/h3-12,16-17H,13-15H2,1-2H3. The third-order valence-corrected chi connectivity index (χ3v) is 4.52. The van der Waals surface area contributed by atoms with Crippen molar-refractivity contribution in [2.24, 2.45) is 0 Å². The van der Waals surface area contributed by atoms with Crippen molar-refractivity contribution < 1.29 is 9.53 Å². The van der Waals surface area contributed by atoms with Gasteiger partial charge in [0.15, 0.2) is 0 Å². The van der Waals surface area contributed by atoms with E-state index >= 15 is 0 Å². The lowest BCUT2D eigenvalue weighted by atomic mass is 10.1. The summed E-state index contributed by atoms with van der Waals surface area (Å²) in [7, 11) is 0. The van der Waals surface area contributed by atoms with Gasteiger partial charge in [-0.1, -0.05) is 48.5 Å². The Hall–Kier alpha value is -2.33. The molecule has 2 aromatic carbocycles. The lowest BCUT2D eigenvalue weighted by Gasteiger charge is -2.43. The first-order valence-electron chi connectivity index (χ1n) is 8.45. The Bertz CT molecular complexity index is 648. The van der Waals surface area contributed by atoms with Gasteiger partial charge in [0, 0.05) is 31.7 Å². The molecule has 0 aromatic heterocycles. The Morgan fingerprint density at radius 1 is 0.958 bits per heavy atom. The molecule has 3 rings (SSSR count). The first-order valence-corrected chi connectivity index (χ1v) is 8.45. The summed E-state index contributed by atoms with van der Waals surface area (Å²) in [6.45, 7) is 6.61. The average Bonchev–Trinajstić information content (AvgIpc) is 2.60. The van der Waals surface area contributed by atoms with Crippen LogP contribution in [-0.4, -0.2) is 41.1 Å². The molecule has 4 nitrogen and oxygen atoms in total. The molecule has 2 unspecified atom stereocenters. The second kappa shape index (κ2) is 7.49. The summed E-state index contributed by atoms with van der Waals surface area (Å²) in [5.74, 6) is 0.592. The molecule has 0 N–H and O–H groups in total. The monoisotopic (exact) mass is 324 g/mol. The summed E-state index contributed by atoms with van der Waals surface area (Å²) in [6, 6.07) is 20.3. The van der Waals surface area contributed by atoms with Crippen LogP contribution in [-0.2, 0) is 6.54 Å². The molecule has 1 aliphatic heterocycles. The number of hydrogen-bond acceptors (Lipinski definition) is 3. The van der Waals surface area contributed by atoms with Crippen LogP contribution in [0.2, 0.25) is 0 Å². The van der Waals surface area contributed by atoms with Gasteiger partial charge in [-0.15, -0.1) is 0 Å². The highest BCUT2D eigenvalue weighted by Gasteiger charge is 2.32. The molecule has 1 heterocycles. The van der Waals surface area contributed by atoms with Crippen LogP contribution in [0.3, 0.4) is 0 Å². The molecule has 0 saturated carbocycles. The fourth-order valence-corrected chi connectivity index (χ4v) is 3.27. The van der Waals surface area contributed by atoms with Gasteiger partial charge in [-0.3, -0.25) is 4.90 Å². The normalized spacial score (nSPS) is 21.5. The summed E-state index contributed by atoms with van der Waals surface area (Å²) in [4.78, 5) is 16.7. The van der Waals surface area contributed by atoms with Crippen LogP contribution in [0, 0.1) is 0 Å². The Labute approximate surface area is 143 Å². The number of rotatable bonds is 3. The molecule has 0 aliphatic carbocycles. The van der Waals surface area contributed by atoms with Crippen molar-refractivity contribution in [1.82, 2.24) is 9.80 Å². The number of carbonyl (C=O) groups excluding carboxylic acids is 1. The molecule has 0 spiro atoms. The highest BCUT2D eigenvalue weighted by atomic mass is 16.6. The van der Waals surface area contributed by atoms with Gasteiger partial charge < -0.3 is 9.64 Å². The topological polar surface area (TPSA) is 32.8 Å². The molecule has 1 aliphatic rings. The quantitative estimate of drug-likeness (QED) is 0.861. The van der Waals surface area contributed by atoms with Crippen LogP contribution in [0.25, 0.3) is 0 Å². The van der Waals surface area contributed by atoms with E-state index in [2.05, 4.69) is 43.0 Å². The average molecular weight is 324 g/mol. The van der Waals surface area contributed by atoms with Gasteiger partial charge in [-0.25, -0.2) is 4.79 Å². The number of benzene rings is 2. The minimum atomic E-state index is -0.265. The van der Waals surface area contributed by atoms with Crippen molar-refractivity contribution in [1.29, 1.82) is 0 Å². The highest BCUT2D eigenvalue weighted by Crippen LogP contribution is 2.20. The zero-order valence-corrected chi connectivity index (χ0v) is 14.3. The molecule has 0 bridgehead atoms. The van der Waals surface area contributed by atoms with Crippen LogP contribution in [0.4, 0.5) is 4.79 Å². The third-order valence-electron chi connectivity index (χ3n) is 4.52. The summed E-state index contributed by atoms with van der Waals surface area (Å²) < 4.78 is 5.47. The molecule has 1 fully saturated rings. The zero-order chi connectivity index (χ0) is 16.9. The second-order valence-corrected chi connectivity index (χ2v) is 6.44. The van der Waals surface area contributed by atoms with Crippen molar-refractivity contribution in [3.05, 3.63) is 66.2 Å². The SMILES string of the molecule is CC1CN(C(=O)Oc2ccccc2)CC(C)N1Cc1ccccc1. The number of hydrogen-bond donors (Lipinski definition) is 0. The number of carbonyl (C=O) groups is 1. The fraction of sp³-hybridized carbons (Fsp3) is 0.350. The molecule has 1 saturated heterocycles. The van der Waals surface area contributed by atoms with E-state index in [1.165, 1.54) is 5.56 Å². The number of para-hydroxylation sites is 1. The lowest BCUT2D eigenvalue weighted by molar-refractivity contribution is 0.0374. The van der Waals surface area contributed by atoms with Gasteiger partial charge in [0.25, 0.3) is 0 Å². The van der Waals surface area contributed by atoms with E-state index in [9.17, 15) is 4.79 Å². The molecular weight excluding hydrogens is 300 g/mol. The number of ether oxygens (including phenoxy) is 1. The van der Waals surface area contributed by atoms with E-state index < -0.39 is 0 Å². The van der Waals surface area contributed by atoms with Crippen molar-refractivity contribution in [2.45, 2.75) is 32.5 Å². The molecule has 0 radical (unpaired) electrons. The summed E-state index contributed by atoms with van der Waals surface area (Å²) in [6.07, 6.45) is -0.265. The van der Waals surface area contributed by atoms with Gasteiger partial charge in [-0.2, -0.15) is 0 Å². The maximum atomic E-state index is 12.4. The maximum Gasteiger partial charge on any atom is 0.415 e. The van der Waals surface area contributed by atoms with Crippen molar-refractivity contribution in [3.8, 4) is 5.75 Å². The third kappa shape index (κ3) is 3.95. The zero-order valence-electron chi connectivity index (χ0n) is 14.3. The fourth-order valence-electron chi connectivity index (χ4n) is 3.27. The predicted molar refractivity (Wildman–Crippen MR) is 94.9 cm³/mol. The number of piperazine rings is 1. The minimum Gasteiger partial charge on any atom is -0.410 e. The van der Waals surface area contributed by atoms with Crippen LogP contribution >= 0.6 is 0 Å². The molecule has 126 valence electrons. The van der Waals surface area contributed by atoms with Gasteiger partial charge in [-0.05, 0) is 31.5 Å². The smallest absolute Gasteiger partial charge is 0.410 e. The van der Waals surface area contributed by atoms with E-state index in [1.807, 2.05) is 29.2 Å². The lowest BCUT2D eigenvalue weighted by Crippen LogP contribution is -2.58. The van der Waals surface area contributed by atoms with Gasteiger partial charge in [0.2, 0.25) is 0 Å². The Balaban J connectivity index is 1.61.